The first-order valence-corrected chi connectivity index (χ1v) is 6.88. The van der Waals surface area contributed by atoms with Gasteiger partial charge in [-0.3, -0.25) is 0 Å². The third-order valence-electron chi connectivity index (χ3n) is 3.14. The maximum Gasteiger partial charge on any atom is 0.172 e. The Morgan fingerprint density at radius 3 is 2.00 bits per heavy atom. The van der Waals surface area contributed by atoms with Crippen molar-refractivity contribution in [1.29, 1.82) is 0 Å². The van der Waals surface area contributed by atoms with E-state index in [9.17, 15) is 0 Å². The Hall–Kier alpha value is -1.96. The quantitative estimate of drug-likeness (QED) is 0.712. The lowest BCUT2D eigenvalue weighted by Crippen LogP contribution is -2.39. The maximum atomic E-state index is 6.10. The molecule has 0 bridgehead atoms. The van der Waals surface area contributed by atoms with E-state index in [1.165, 1.54) is 5.69 Å². The van der Waals surface area contributed by atoms with E-state index in [2.05, 4.69) is 43.0 Å². The minimum absolute atomic E-state index is 0.0646. The van der Waals surface area contributed by atoms with E-state index in [0.29, 0.717) is 0 Å². The van der Waals surface area contributed by atoms with E-state index in [1.807, 2.05) is 36.4 Å². The second-order valence-corrected chi connectivity index (χ2v) is 4.42. The largest absolute Gasteiger partial charge is 0.471 e. The van der Waals surface area contributed by atoms with Crippen molar-refractivity contribution in [3.05, 3.63) is 60.7 Å². The molecule has 0 spiro atoms. The summed E-state index contributed by atoms with van der Waals surface area (Å²) in [5.74, 6) is 0.920. The molecule has 0 saturated carbocycles. The Morgan fingerprint density at radius 1 is 0.895 bits per heavy atom. The van der Waals surface area contributed by atoms with Crippen molar-refractivity contribution in [2.24, 2.45) is 0 Å². The highest BCUT2D eigenvalue weighted by Crippen LogP contribution is 2.21. The number of anilines is 1. The van der Waals surface area contributed by atoms with Crippen LogP contribution in [-0.2, 0) is 0 Å². The molecule has 0 aliphatic heterocycles. The number of para-hydroxylation sites is 2. The van der Waals surface area contributed by atoms with Gasteiger partial charge in [0.1, 0.15) is 5.75 Å². The van der Waals surface area contributed by atoms with Gasteiger partial charge in [-0.15, -0.1) is 0 Å². The van der Waals surface area contributed by atoms with Crippen LogP contribution >= 0.6 is 0 Å². The third kappa shape index (κ3) is 3.50. The van der Waals surface area contributed by atoms with Crippen molar-refractivity contribution in [3.63, 3.8) is 0 Å². The number of benzene rings is 2. The van der Waals surface area contributed by atoms with Gasteiger partial charge in [-0.2, -0.15) is 0 Å². The number of rotatable bonds is 6. The van der Waals surface area contributed by atoms with Crippen LogP contribution in [0.15, 0.2) is 60.7 Å². The summed E-state index contributed by atoms with van der Waals surface area (Å²) >= 11 is 0. The van der Waals surface area contributed by atoms with Gasteiger partial charge in [0.15, 0.2) is 6.23 Å². The number of hydrogen-bond donors (Lipinski definition) is 0. The predicted octanol–water partition coefficient (Wildman–Crippen LogP) is 4.33. The van der Waals surface area contributed by atoms with Crippen LogP contribution in [0.25, 0.3) is 0 Å². The fourth-order valence-corrected chi connectivity index (χ4v) is 2.20. The molecule has 2 nitrogen and oxygen atoms in total. The summed E-state index contributed by atoms with van der Waals surface area (Å²) in [6.07, 6.45) is 1.01. The van der Waals surface area contributed by atoms with E-state index in [1.54, 1.807) is 0 Å². The second-order valence-electron chi connectivity index (χ2n) is 4.42. The van der Waals surface area contributed by atoms with Crippen LogP contribution in [0.5, 0.6) is 5.75 Å². The van der Waals surface area contributed by atoms with Crippen molar-refractivity contribution < 1.29 is 4.74 Å². The normalized spacial score (nSPS) is 11.9. The summed E-state index contributed by atoms with van der Waals surface area (Å²) in [5, 5.41) is 0. The van der Waals surface area contributed by atoms with Crippen molar-refractivity contribution in [3.8, 4) is 5.75 Å². The van der Waals surface area contributed by atoms with Crippen molar-refractivity contribution in [1.82, 2.24) is 0 Å². The highest BCUT2D eigenvalue weighted by Gasteiger charge is 2.17. The van der Waals surface area contributed by atoms with Crippen LogP contribution < -0.4 is 9.64 Å². The Morgan fingerprint density at radius 2 is 1.47 bits per heavy atom. The van der Waals surface area contributed by atoms with Gasteiger partial charge in [-0.05, 0) is 31.2 Å². The number of nitrogens with zero attached hydrogens (tertiary/aromatic N) is 1. The summed E-state index contributed by atoms with van der Waals surface area (Å²) < 4.78 is 6.10. The molecule has 0 fully saturated rings. The monoisotopic (exact) mass is 255 g/mol. The molecule has 0 aliphatic carbocycles. The Labute approximate surface area is 115 Å². The lowest BCUT2D eigenvalue weighted by Gasteiger charge is -2.32. The zero-order valence-corrected chi connectivity index (χ0v) is 11.6. The molecule has 1 unspecified atom stereocenters. The molecule has 1 atom stereocenters. The molecule has 100 valence electrons. The molecule has 0 amide bonds. The first-order valence-electron chi connectivity index (χ1n) is 6.88. The molecule has 2 aromatic carbocycles. The summed E-state index contributed by atoms with van der Waals surface area (Å²) in [6, 6.07) is 20.4. The van der Waals surface area contributed by atoms with Crippen LogP contribution in [0.3, 0.4) is 0 Å². The summed E-state index contributed by atoms with van der Waals surface area (Å²) in [4.78, 5) is 2.28. The zero-order valence-electron chi connectivity index (χ0n) is 11.6. The molecule has 0 N–H and O–H groups in total. The highest BCUT2D eigenvalue weighted by molar-refractivity contribution is 5.46. The lowest BCUT2D eigenvalue weighted by molar-refractivity contribution is 0.192. The van der Waals surface area contributed by atoms with Gasteiger partial charge >= 0.3 is 0 Å². The van der Waals surface area contributed by atoms with E-state index >= 15 is 0 Å². The van der Waals surface area contributed by atoms with Crippen LogP contribution in [0.1, 0.15) is 20.3 Å². The molecule has 0 radical (unpaired) electrons. The standard InChI is InChI=1S/C17H21NO/c1-3-17(19-16-13-9-6-10-14-16)18(4-2)15-11-7-5-8-12-15/h5-14,17H,3-4H2,1-2H3. The summed E-state index contributed by atoms with van der Waals surface area (Å²) in [5.41, 5.74) is 1.20. The van der Waals surface area contributed by atoms with Gasteiger partial charge in [0.25, 0.3) is 0 Å². The number of ether oxygens (including phenoxy) is 1. The van der Waals surface area contributed by atoms with Gasteiger partial charge < -0.3 is 9.64 Å². The molecular formula is C17H21NO. The van der Waals surface area contributed by atoms with E-state index in [4.69, 9.17) is 4.74 Å². The average molecular weight is 255 g/mol. The van der Waals surface area contributed by atoms with Crippen LogP contribution in [0, 0.1) is 0 Å². The highest BCUT2D eigenvalue weighted by atomic mass is 16.5. The van der Waals surface area contributed by atoms with Crippen molar-refractivity contribution >= 4 is 5.69 Å². The third-order valence-corrected chi connectivity index (χ3v) is 3.14. The first kappa shape index (κ1) is 13.5. The van der Waals surface area contributed by atoms with Gasteiger partial charge in [0, 0.05) is 18.7 Å². The molecule has 0 saturated heterocycles. The van der Waals surface area contributed by atoms with Crippen molar-refractivity contribution in [2.75, 3.05) is 11.4 Å². The number of hydrogen-bond acceptors (Lipinski definition) is 2. The fraction of sp³-hybridized carbons (Fsp3) is 0.294. The van der Waals surface area contributed by atoms with Crippen LogP contribution in [0.2, 0.25) is 0 Å². The Kier molecular flexibility index (Phi) is 4.85. The summed E-state index contributed by atoms with van der Waals surface area (Å²) in [6.45, 7) is 5.23. The van der Waals surface area contributed by atoms with Crippen molar-refractivity contribution in [2.45, 2.75) is 26.5 Å². The van der Waals surface area contributed by atoms with E-state index < -0.39 is 0 Å². The lowest BCUT2D eigenvalue weighted by atomic mass is 10.2. The Balaban J connectivity index is 2.15. The maximum absolute atomic E-state index is 6.10. The average Bonchev–Trinajstić information content (AvgIpc) is 2.49. The first-order chi connectivity index (χ1) is 9.35. The molecule has 19 heavy (non-hydrogen) atoms. The van der Waals surface area contributed by atoms with Crippen LogP contribution in [0.4, 0.5) is 5.69 Å². The minimum atomic E-state index is 0.0646. The SMILES string of the molecule is CCC(Oc1ccccc1)N(CC)c1ccccc1. The minimum Gasteiger partial charge on any atom is -0.471 e. The smallest absolute Gasteiger partial charge is 0.172 e. The summed E-state index contributed by atoms with van der Waals surface area (Å²) in [7, 11) is 0. The second kappa shape index (κ2) is 6.83. The van der Waals surface area contributed by atoms with E-state index in [-0.39, 0.29) is 6.23 Å². The van der Waals surface area contributed by atoms with Crippen LogP contribution in [-0.4, -0.2) is 12.8 Å². The zero-order chi connectivity index (χ0) is 13.5. The molecule has 0 heterocycles. The molecule has 2 aromatic rings. The molecule has 2 heteroatoms. The molecular weight excluding hydrogens is 234 g/mol. The molecule has 2 rings (SSSR count). The molecule has 0 aromatic heterocycles. The fourth-order valence-electron chi connectivity index (χ4n) is 2.20. The van der Waals surface area contributed by atoms with Gasteiger partial charge in [-0.1, -0.05) is 43.3 Å². The van der Waals surface area contributed by atoms with Gasteiger partial charge in [0.05, 0.1) is 0 Å². The topological polar surface area (TPSA) is 12.5 Å². The Bertz CT molecular complexity index is 469. The molecule has 0 aliphatic rings. The van der Waals surface area contributed by atoms with Gasteiger partial charge in [0.2, 0.25) is 0 Å². The van der Waals surface area contributed by atoms with Gasteiger partial charge in [-0.25, -0.2) is 0 Å². The predicted molar refractivity (Wildman–Crippen MR) is 80.6 cm³/mol. The van der Waals surface area contributed by atoms with E-state index in [0.717, 1.165) is 18.7 Å².